The van der Waals surface area contributed by atoms with Crippen molar-refractivity contribution in [1.29, 1.82) is 0 Å². The molecule has 19 heavy (non-hydrogen) atoms. The maximum atomic E-state index is 11.8. The highest BCUT2D eigenvalue weighted by Crippen LogP contribution is 2.19. The third kappa shape index (κ3) is 4.95. The van der Waals surface area contributed by atoms with Crippen LogP contribution in [-0.4, -0.2) is 18.5 Å². The van der Waals surface area contributed by atoms with Crippen LogP contribution >= 0.6 is 0 Å². The van der Waals surface area contributed by atoms with Crippen molar-refractivity contribution in [1.82, 2.24) is 0 Å². The van der Waals surface area contributed by atoms with E-state index in [0.717, 1.165) is 12.8 Å². The van der Waals surface area contributed by atoms with E-state index in [1.165, 1.54) is 6.08 Å². The van der Waals surface area contributed by atoms with Crippen molar-refractivity contribution in [3.8, 4) is 5.75 Å². The van der Waals surface area contributed by atoms with Crippen LogP contribution in [0, 0.1) is 0 Å². The van der Waals surface area contributed by atoms with Gasteiger partial charge in [-0.3, -0.25) is 0 Å². The number of allylic oxidation sites excluding steroid dienone is 1. The molecule has 0 fully saturated rings. The van der Waals surface area contributed by atoms with E-state index in [-0.39, 0.29) is 11.3 Å². The average molecular weight is 262 g/mol. The Morgan fingerprint density at radius 3 is 2.68 bits per heavy atom. The van der Waals surface area contributed by atoms with Crippen LogP contribution in [0.2, 0.25) is 0 Å². The number of benzene rings is 1. The SMILES string of the molecule is C/C=C/C(=O)Oc1ccccc1C(=O)OCCCC. The summed E-state index contributed by atoms with van der Waals surface area (Å²) in [5.41, 5.74) is 0.261. The van der Waals surface area contributed by atoms with Gasteiger partial charge in [-0.05, 0) is 25.5 Å². The fourth-order valence-corrected chi connectivity index (χ4v) is 1.39. The quantitative estimate of drug-likeness (QED) is 0.342. The molecular formula is C15H18O4. The highest BCUT2D eigenvalue weighted by Gasteiger charge is 2.14. The first-order valence-corrected chi connectivity index (χ1v) is 6.29. The predicted octanol–water partition coefficient (Wildman–Crippen LogP) is 3.13. The first-order valence-electron chi connectivity index (χ1n) is 6.29. The molecule has 4 nitrogen and oxygen atoms in total. The zero-order valence-electron chi connectivity index (χ0n) is 11.2. The normalized spacial score (nSPS) is 10.4. The molecule has 0 aliphatic rings. The number of rotatable bonds is 6. The molecule has 0 aromatic heterocycles. The Labute approximate surface area is 113 Å². The molecule has 0 N–H and O–H groups in total. The van der Waals surface area contributed by atoms with Crippen LogP contribution in [0.4, 0.5) is 0 Å². The van der Waals surface area contributed by atoms with Gasteiger partial charge in [0.25, 0.3) is 0 Å². The molecule has 0 spiro atoms. The molecule has 0 aliphatic heterocycles. The number of carbonyl (C=O) groups is 2. The van der Waals surface area contributed by atoms with E-state index in [9.17, 15) is 9.59 Å². The fourth-order valence-electron chi connectivity index (χ4n) is 1.39. The number of carbonyl (C=O) groups excluding carboxylic acids is 2. The number of esters is 2. The van der Waals surface area contributed by atoms with E-state index in [0.29, 0.717) is 6.61 Å². The van der Waals surface area contributed by atoms with Gasteiger partial charge in [0.1, 0.15) is 11.3 Å². The number of hydrogen-bond acceptors (Lipinski definition) is 4. The van der Waals surface area contributed by atoms with E-state index in [1.807, 2.05) is 6.92 Å². The molecule has 102 valence electrons. The molecule has 0 radical (unpaired) electrons. The molecule has 1 aromatic rings. The van der Waals surface area contributed by atoms with Gasteiger partial charge in [-0.25, -0.2) is 9.59 Å². The lowest BCUT2D eigenvalue weighted by atomic mass is 10.2. The third-order valence-electron chi connectivity index (χ3n) is 2.35. The van der Waals surface area contributed by atoms with Crippen LogP contribution in [0.25, 0.3) is 0 Å². The smallest absolute Gasteiger partial charge is 0.341 e. The van der Waals surface area contributed by atoms with Crippen molar-refractivity contribution >= 4 is 11.9 Å². The molecule has 4 heteroatoms. The summed E-state index contributed by atoms with van der Waals surface area (Å²) < 4.78 is 10.2. The number of ether oxygens (including phenoxy) is 2. The molecular weight excluding hydrogens is 244 g/mol. The molecule has 1 aromatic carbocycles. The Kier molecular flexibility index (Phi) is 6.36. The minimum atomic E-state index is -0.517. The van der Waals surface area contributed by atoms with Crippen LogP contribution in [-0.2, 0) is 9.53 Å². The van der Waals surface area contributed by atoms with Crippen molar-refractivity contribution < 1.29 is 19.1 Å². The van der Waals surface area contributed by atoms with Gasteiger partial charge >= 0.3 is 11.9 Å². The van der Waals surface area contributed by atoms with Gasteiger partial charge in [-0.2, -0.15) is 0 Å². The Bertz CT molecular complexity index is 463. The number of hydrogen-bond donors (Lipinski definition) is 0. The summed E-state index contributed by atoms with van der Waals surface area (Å²) >= 11 is 0. The molecule has 0 aliphatic carbocycles. The van der Waals surface area contributed by atoms with Crippen LogP contribution in [0.15, 0.2) is 36.4 Å². The lowest BCUT2D eigenvalue weighted by Crippen LogP contribution is -2.11. The highest BCUT2D eigenvalue weighted by atomic mass is 16.5. The summed E-state index contributed by atoms with van der Waals surface area (Å²) in [5.74, 6) is -0.777. The first kappa shape index (κ1) is 15.0. The topological polar surface area (TPSA) is 52.6 Å². The second-order valence-corrected chi connectivity index (χ2v) is 3.91. The van der Waals surface area contributed by atoms with Gasteiger partial charge in [-0.15, -0.1) is 0 Å². The minimum Gasteiger partial charge on any atom is -0.462 e. The molecule has 0 saturated heterocycles. The number of unbranched alkanes of at least 4 members (excludes halogenated alkanes) is 1. The highest BCUT2D eigenvalue weighted by molar-refractivity contribution is 5.94. The van der Waals surface area contributed by atoms with Crippen LogP contribution in [0.3, 0.4) is 0 Å². The van der Waals surface area contributed by atoms with E-state index < -0.39 is 11.9 Å². The molecule has 0 bridgehead atoms. The summed E-state index contributed by atoms with van der Waals surface area (Å²) in [6.07, 6.45) is 4.63. The predicted molar refractivity (Wildman–Crippen MR) is 72.1 cm³/mol. The lowest BCUT2D eigenvalue weighted by molar-refractivity contribution is -0.129. The van der Waals surface area contributed by atoms with E-state index in [1.54, 1.807) is 37.3 Å². The standard InChI is InChI=1S/C15H18O4/c1-3-5-11-18-15(17)12-9-6-7-10-13(12)19-14(16)8-4-2/h4,6-10H,3,5,11H2,1-2H3/b8-4+. The van der Waals surface area contributed by atoms with Gasteiger partial charge in [0.2, 0.25) is 0 Å². The summed E-state index contributed by atoms with van der Waals surface area (Å²) in [4.78, 5) is 23.2. The van der Waals surface area contributed by atoms with Crippen LogP contribution in [0.1, 0.15) is 37.0 Å². The van der Waals surface area contributed by atoms with Crippen molar-refractivity contribution in [2.45, 2.75) is 26.7 Å². The number of para-hydroxylation sites is 1. The minimum absolute atomic E-state index is 0.215. The Morgan fingerprint density at radius 2 is 2.00 bits per heavy atom. The van der Waals surface area contributed by atoms with Gasteiger partial charge in [0.05, 0.1) is 6.61 Å². The summed E-state index contributed by atoms with van der Waals surface area (Å²) in [6, 6.07) is 6.54. The molecule has 0 unspecified atom stereocenters. The van der Waals surface area contributed by atoms with Crippen LogP contribution in [0.5, 0.6) is 5.75 Å². The Hall–Kier alpha value is -2.10. The largest absolute Gasteiger partial charge is 0.462 e. The summed E-state index contributed by atoms with van der Waals surface area (Å²) in [7, 11) is 0. The van der Waals surface area contributed by atoms with E-state index in [4.69, 9.17) is 9.47 Å². The van der Waals surface area contributed by atoms with Crippen molar-refractivity contribution in [2.75, 3.05) is 6.61 Å². The van der Waals surface area contributed by atoms with Crippen molar-refractivity contribution in [3.63, 3.8) is 0 Å². The summed E-state index contributed by atoms with van der Waals surface area (Å²) in [6.45, 7) is 4.10. The van der Waals surface area contributed by atoms with Gasteiger partial charge in [-0.1, -0.05) is 31.6 Å². The second-order valence-electron chi connectivity index (χ2n) is 3.91. The lowest BCUT2D eigenvalue weighted by Gasteiger charge is -2.08. The summed E-state index contributed by atoms with van der Waals surface area (Å²) in [5, 5.41) is 0. The van der Waals surface area contributed by atoms with Crippen molar-refractivity contribution in [2.24, 2.45) is 0 Å². The fraction of sp³-hybridized carbons (Fsp3) is 0.333. The Morgan fingerprint density at radius 1 is 1.26 bits per heavy atom. The third-order valence-corrected chi connectivity index (χ3v) is 2.35. The second kappa shape index (κ2) is 8.08. The van der Waals surface area contributed by atoms with Crippen LogP contribution < -0.4 is 4.74 Å². The zero-order chi connectivity index (χ0) is 14.1. The van der Waals surface area contributed by atoms with Gasteiger partial charge in [0.15, 0.2) is 0 Å². The van der Waals surface area contributed by atoms with Crippen molar-refractivity contribution in [3.05, 3.63) is 42.0 Å². The van der Waals surface area contributed by atoms with Gasteiger partial charge in [0, 0.05) is 6.08 Å². The maximum absolute atomic E-state index is 11.8. The average Bonchev–Trinajstić information content (AvgIpc) is 2.39. The van der Waals surface area contributed by atoms with E-state index in [2.05, 4.69) is 0 Å². The first-order chi connectivity index (χ1) is 9.19. The Balaban J connectivity index is 2.77. The zero-order valence-corrected chi connectivity index (χ0v) is 11.2. The monoisotopic (exact) mass is 262 g/mol. The molecule has 0 saturated carbocycles. The molecule has 0 amide bonds. The van der Waals surface area contributed by atoms with E-state index >= 15 is 0 Å². The maximum Gasteiger partial charge on any atom is 0.341 e. The molecule has 0 heterocycles. The molecule has 1 rings (SSSR count). The molecule has 0 atom stereocenters. The van der Waals surface area contributed by atoms with Gasteiger partial charge < -0.3 is 9.47 Å².